The Morgan fingerprint density at radius 3 is 2.95 bits per heavy atom. The minimum Gasteiger partial charge on any atom is -0.382 e. The molecular formula is C14H24N4O2S. The Morgan fingerprint density at radius 1 is 1.57 bits per heavy atom. The predicted octanol–water partition coefficient (Wildman–Crippen LogP) is 2.04. The van der Waals surface area contributed by atoms with Crippen LogP contribution in [0.3, 0.4) is 0 Å². The van der Waals surface area contributed by atoms with Gasteiger partial charge >= 0.3 is 0 Å². The lowest BCUT2D eigenvalue weighted by Gasteiger charge is -2.36. The zero-order valence-electron chi connectivity index (χ0n) is 13.0. The predicted molar refractivity (Wildman–Crippen MR) is 85.8 cm³/mol. The van der Waals surface area contributed by atoms with Crippen molar-refractivity contribution in [3.8, 4) is 0 Å². The summed E-state index contributed by atoms with van der Waals surface area (Å²) in [5, 5.41) is 3.92. The summed E-state index contributed by atoms with van der Waals surface area (Å²) in [4.78, 5) is 19.2. The Bertz CT molecular complexity index is 503. The van der Waals surface area contributed by atoms with E-state index < -0.39 is 0 Å². The second kappa shape index (κ2) is 6.62. The van der Waals surface area contributed by atoms with Crippen molar-refractivity contribution in [2.45, 2.75) is 39.8 Å². The molecule has 0 radical (unpaired) electrons. The van der Waals surface area contributed by atoms with Crippen molar-refractivity contribution >= 4 is 28.2 Å². The molecule has 1 aromatic heterocycles. The van der Waals surface area contributed by atoms with Crippen molar-refractivity contribution < 1.29 is 9.53 Å². The second-order valence-corrected chi connectivity index (χ2v) is 6.96. The molecular weight excluding hydrogens is 288 g/mol. The van der Waals surface area contributed by atoms with E-state index in [0.29, 0.717) is 34.9 Å². The summed E-state index contributed by atoms with van der Waals surface area (Å²) in [6.45, 7) is 10.2. The molecule has 1 amide bonds. The Kier molecular flexibility index (Phi) is 5.05. The van der Waals surface area contributed by atoms with Crippen molar-refractivity contribution in [1.82, 2.24) is 9.88 Å². The molecule has 2 atom stereocenters. The van der Waals surface area contributed by atoms with Crippen molar-refractivity contribution in [3.63, 3.8) is 0 Å². The monoisotopic (exact) mass is 312 g/mol. The van der Waals surface area contributed by atoms with Gasteiger partial charge < -0.3 is 20.7 Å². The van der Waals surface area contributed by atoms with Crippen molar-refractivity contribution in [2.24, 2.45) is 5.92 Å². The molecule has 0 aromatic carbocycles. The van der Waals surface area contributed by atoms with Gasteiger partial charge in [0.1, 0.15) is 10.7 Å². The molecule has 1 saturated heterocycles. The Balaban J connectivity index is 2.11. The summed E-state index contributed by atoms with van der Waals surface area (Å²) in [6.07, 6.45) is 0.0535. The van der Waals surface area contributed by atoms with Crippen LogP contribution in [0.2, 0.25) is 0 Å². The highest BCUT2D eigenvalue weighted by atomic mass is 32.1. The molecule has 0 bridgehead atoms. The number of nitrogens with zero attached hydrogens (tertiary/aromatic N) is 2. The van der Waals surface area contributed by atoms with Crippen LogP contribution in [0.4, 0.5) is 10.9 Å². The van der Waals surface area contributed by atoms with Crippen molar-refractivity contribution in [2.75, 3.05) is 30.7 Å². The van der Waals surface area contributed by atoms with Crippen LogP contribution in [0.1, 0.15) is 37.4 Å². The average molecular weight is 312 g/mol. The Labute approximate surface area is 129 Å². The number of amides is 1. The van der Waals surface area contributed by atoms with E-state index in [2.05, 4.69) is 24.1 Å². The number of aromatic nitrogens is 1. The van der Waals surface area contributed by atoms with Crippen LogP contribution in [0.25, 0.3) is 0 Å². The number of nitrogens with two attached hydrogens (primary N) is 1. The van der Waals surface area contributed by atoms with Gasteiger partial charge in [-0.1, -0.05) is 25.2 Å². The smallest absolute Gasteiger partial charge is 0.268 e. The van der Waals surface area contributed by atoms with Gasteiger partial charge in [0.25, 0.3) is 5.91 Å². The fourth-order valence-electron chi connectivity index (χ4n) is 2.17. The minimum atomic E-state index is -0.0507. The fourth-order valence-corrected chi connectivity index (χ4v) is 3.02. The van der Waals surface area contributed by atoms with E-state index in [9.17, 15) is 4.79 Å². The summed E-state index contributed by atoms with van der Waals surface area (Å²) in [5.41, 5.74) is 5.92. The standard InChI is InChI=1S/C14H24N4O2S/c1-8(2)5-16-14-17-12(15)11(21-14)13(19)18-6-10(4)20-7-9(18)3/h8-10H,5-7,15H2,1-4H3,(H,16,17). The molecule has 0 spiro atoms. The van der Waals surface area contributed by atoms with Crippen LogP contribution in [0.5, 0.6) is 0 Å². The number of rotatable bonds is 4. The van der Waals surface area contributed by atoms with Gasteiger partial charge in [0.2, 0.25) is 0 Å². The molecule has 2 rings (SSSR count). The van der Waals surface area contributed by atoms with Gasteiger partial charge in [0.15, 0.2) is 5.13 Å². The van der Waals surface area contributed by atoms with E-state index in [4.69, 9.17) is 10.5 Å². The van der Waals surface area contributed by atoms with Crippen LogP contribution in [-0.4, -0.2) is 47.6 Å². The number of hydrogen-bond donors (Lipinski definition) is 2. The number of nitrogens with one attached hydrogen (secondary N) is 1. The van der Waals surface area contributed by atoms with E-state index in [0.717, 1.165) is 6.54 Å². The number of thiazole rings is 1. The number of anilines is 2. The molecule has 118 valence electrons. The third-order valence-corrected chi connectivity index (χ3v) is 4.39. The summed E-state index contributed by atoms with van der Waals surface area (Å²) in [5.74, 6) is 0.766. The van der Waals surface area contributed by atoms with E-state index in [1.54, 1.807) is 0 Å². The zero-order valence-corrected chi connectivity index (χ0v) is 13.9. The topological polar surface area (TPSA) is 80.5 Å². The first-order valence-electron chi connectivity index (χ1n) is 7.31. The van der Waals surface area contributed by atoms with E-state index in [1.165, 1.54) is 11.3 Å². The van der Waals surface area contributed by atoms with Crippen LogP contribution in [0.15, 0.2) is 0 Å². The van der Waals surface area contributed by atoms with Gasteiger partial charge in [-0.2, -0.15) is 0 Å². The molecule has 2 heterocycles. The van der Waals surface area contributed by atoms with Gasteiger partial charge in [-0.05, 0) is 19.8 Å². The summed E-state index contributed by atoms with van der Waals surface area (Å²) in [7, 11) is 0. The lowest BCUT2D eigenvalue weighted by molar-refractivity contribution is -0.0385. The molecule has 7 heteroatoms. The summed E-state index contributed by atoms with van der Waals surface area (Å²) in [6, 6.07) is 0.0577. The number of carbonyl (C=O) groups excluding carboxylic acids is 1. The maximum Gasteiger partial charge on any atom is 0.268 e. The van der Waals surface area contributed by atoms with Gasteiger partial charge in [-0.25, -0.2) is 4.98 Å². The molecule has 0 saturated carbocycles. The van der Waals surface area contributed by atoms with Gasteiger partial charge in [-0.15, -0.1) is 0 Å². The van der Waals surface area contributed by atoms with Crippen LogP contribution in [-0.2, 0) is 4.74 Å². The van der Waals surface area contributed by atoms with Gasteiger partial charge in [-0.3, -0.25) is 4.79 Å². The average Bonchev–Trinajstić information content (AvgIpc) is 2.79. The third-order valence-electron chi connectivity index (χ3n) is 3.38. The van der Waals surface area contributed by atoms with Gasteiger partial charge in [0, 0.05) is 13.1 Å². The minimum absolute atomic E-state index is 0.0507. The first-order chi connectivity index (χ1) is 9.88. The lowest BCUT2D eigenvalue weighted by Crippen LogP contribution is -2.50. The largest absolute Gasteiger partial charge is 0.382 e. The third kappa shape index (κ3) is 3.85. The summed E-state index contributed by atoms with van der Waals surface area (Å²) < 4.78 is 5.56. The second-order valence-electron chi connectivity index (χ2n) is 5.96. The molecule has 1 aromatic rings. The SMILES string of the molecule is CC(C)CNc1nc(N)c(C(=O)N2CC(C)OCC2C)s1. The fraction of sp³-hybridized carbons (Fsp3) is 0.714. The quantitative estimate of drug-likeness (QED) is 0.889. The number of ether oxygens (including phenoxy) is 1. The first-order valence-corrected chi connectivity index (χ1v) is 8.12. The van der Waals surface area contributed by atoms with Crippen LogP contribution in [0, 0.1) is 5.92 Å². The van der Waals surface area contributed by atoms with Crippen molar-refractivity contribution in [3.05, 3.63) is 4.88 Å². The molecule has 6 nitrogen and oxygen atoms in total. The van der Waals surface area contributed by atoms with Crippen molar-refractivity contribution in [1.29, 1.82) is 0 Å². The molecule has 2 unspecified atom stereocenters. The van der Waals surface area contributed by atoms with Gasteiger partial charge in [0.05, 0.1) is 18.8 Å². The zero-order chi connectivity index (χ0) is 15.6. The maximum atomic E-state index is 12.7. The molecule has 1 aliphatic heterocycles. The Morgan fingerprint density at radius 2 is 2.29 bits per heavy atom. The highest BCUT2D eigenvalue weighted by Gasteiger charge is 2.30. The first kappa shape index (κ1) is 16.0. The number of carbonyl (C=O) groups is 1. The van der Waals surface area contributed by atoms with E-state index in [1.807, 2.05) is 18.7 Å². The Hall–Kier alpha value is -1.34. The molecule has 1 aliphatic rings. The number of morpholine rings is 1. The highest BCUT2D eigenvalue weighted by molar-refractivity contribution is 7.18. The lowest BCUT2D eigenvalue weighted by atomic mass is 10.2. The molecule has 3 N–H and O–H groups in total. The molecule has 0 aliphatic carbocycles. The number of nitrogen functional groups attached to an aromatic ring is 1. The van der Waals surface area contributed by atoms with E-state index >= 15 is 0 Å². The highest BCUT2D eigenvalue weighted by Crippen LogP contribution is 2.28. The summed E-state index contributed by atoms with van der Waals surface area (Å²) >= 11 is 1.33. The molecule has 21 heavy (non-hydrogen) atoms. The molecule has 1 fully saturated rings. The van der Waals surface area contributed by atoms with Crippen LogP contribution >= 0.6 is 11.3 Å². The normalized spacial score (nSPS) is 22.6. The number of hydrogen-bond acceptors (Lipinski definition) is 6. The van der Waals surface area contributed by atoms with Crippen LogP contribution < -0.4 is 11.1 Å². The van der Waals surface area contributed by atoms with E-state index in [-0.39, 0.29) is 18.1 Å². The maximum absolute atomic E-state index is 12.7.